The fourth-order valence-electron chi connectivity index (χ4n) is 1.64. The second-order valence-corrected chi connectivity index (χ2v) is 3.53. The third-order valence-electron chi connectivity index (χ3n) is 2.40. The molecule has 2 aromatic rings. The Morgan fingerprint density at radius 3 is 3.12 bits per heavy atom. The molecule has 0 bridgehead atoms. The van der Waals surface area contributed by atoms with Gasteiger partial charge in [-0.15, -0.1) is 0 Å². The number of aromatic nitrogens is 1. The van der Waals surface area contributed by atoms with Gasteiger partial charge in [-0.2, -0.15) is 0 Å². The highest BCUT2D eigenvalue weighted by atomic mass is 16.5. The summed E-state index contributed by atoms with van der Waals surface area (Å²) in [5.74, 6) is -0.321. The lowest BCUT2D eigenvalue weighted by Gasteiger charge is -2.01. The first kappa shape index (κ1) is 11.3. The molecule has 0 saturated heterocycles. The largest absolute Gasteiger partial charge is 0.463 e. The number of carbonyl (C=O) groups is 1. The molecule has 17 heavy (non-hydrogen) atoms. The molecule has 0 atom stereocenters. The first-order valence-electron chi connectivity index (χ1n) is 5.49. The second-order valence-electron chi connectivity index (χ2n) is 3.53. The number of hydrogen-bond acceptors (Lipinski definition) is 3. The lowest BCUT2D eigenvalue weighted by molar-refractivity contribution is -0.137. The van der Waals surface area contributed by atoms with E-state index in [2.05, 4.69) is 4.98 Å². The summed E-state index contributed by atoms with van der Waals surface area (Å²) < 4.78 is 4.84. The van der Waals surface area contributed by atoms with Crippen LogP contribution in [0.5, 0.6) is 0 Å². The Morgan fingerprint density at radius 1 is 1.41 bits per heavy atom. The highest BCUT2D eigenvalue weighted by molar-refractivity contribution is 5.94. The van der Waals surface area contributed by atoms with E-state index in [4.69, 9.17) is 4.74 Å². The molecule has 0 radical (unpaired) electrons. The van der Waals surface area contributed by atoms with Crippen molar-refractivity contribution >= 4 is 22.8 Å². The van der Waals surface area contributed by atoms with Gasteiger partial charge in [-0.3, -0.25) is 4.98 Å². The molecule has 0 aliphatic rings. The van der Waals surface area contributed by atoms with Crippen LogP contribution in [0.3, 0.4) is 0 Å². The van der Waals surface area contributed by atoms with Gasteiger partial charge in [-0.05, 0) is 30.0 Å². The van der Waals surface area contributed by atoms with Gasteiger partial charge in [0.2, 0.25) is 0 Å². The Morgan fingerprint density at radius 2 is 2.29 bits per heavy atom. The number of hydrogen-bond donors (Lipinski definition) is 0. The molecule has 3 heteroatoms. The van der Waals surface area contributed by atoms with Crippen molar-refractivity contribution in [2.45, 2.75) is 6.92 Å². The molecule has 0 saturated carbocycles. The zero-order valence-electron chi connectivity index (χ0n) is 9.59. The van der Waals surface area contributed by atoms with Crippen molar-refractivity contribution in [1.82, 2.24) is 4.98 Å². The molecule has 0 N–H and O–H groups in total. The van der Waals surface area contributed by atoms with Crippen LogP contribution in [0.2, 0.25) is 0 Å². The monoisotopic (exact) mass is 227 g/mol. The summed E-state index contributed by atoms with van der Waals surface area (Å²) in [7, 11) is 0. The van der Waals surface area contributed by atoms with E-state index in [1.54, 1.807) is 25.4 Å². The third-order valence-corrected chi connectivity index (χ3v) is 2.40. The quantitative estimate of drug-likeness (QED) is 0.598. The van der Waals surface area contributed by atoms with Crippen LogP contribution >= 0.6 is 0 Å². The summed E-state index contributed by atoms with van der Waals surface area (Å²) in [5.41, 5.74) is 0.984. The predicted octanol–water partition coefficient (Wildman–Crippen LogP) is 2.81. The van der Waals surface area contributed by atoms with Crippen LogP contribution in [0.25, 0.3) is 16.8 Å². The van der Waals surface area contributed by atoms with Crippen LogP contribution in [0.15, 0.2) is 42.7 Å². The van der Waals surface area contributed by atoms with E-state index in [1.165, 1.54) is 6.08 Å². The number of pyridine rings is 1. The topological polar surface area (TPSA) is 39.2 Å². The van der Waals surface area contributed by atoms with Gasteiger partial charge in [-0.25, -0.2) is 4.79 Å². The van der Waals surface area contributed by atoms with Gasteiger partial charge in [0, 0.05) is 23.9 Å². The van der Waals surface area contributed by atoms with Gasteiger partial charge in [0.15, 0.2) is 0 Å². The molecule has 1 heterocycles. The van der Waals surface area contributed by atoms with Crippen LogP contribution in [0, 0.1) is 0 Å². The maximum absolute atomic E-state index is 11.2. The molecular formula is C14H13NO2. The number of ether oxygens (including phenoxy) is 1. The van der Waals surface area contributed by atoms with Crippen molar-refractivity contribution in [2.75, 3.05) is 6.61 Å². The third kappa shape index (κ3) is 2.69. The first-order chi connectivity index (χ1) is 8.31. The van der Waals surface area contributed by atoms with E-state index in [-0.39, 0.29) is 5.97 Å². The van der Waals surface area contributed by atoms with Gasteiger partial charge in [0.1, 0.15) is 0 Å². The molecule has 86 valence electrons. The SMILES string of the molecule is CCOC(=O)/C=C/c1cccc2cnccc12. The van der Waals surface area contributed by atoms with Gasteiger partial charge in [0.05, 0.1) is 6.61 Å². The van der Waals surface area contributed by atoms with Crippen LogP contribution in [0.1, 0.15) is 12.5 Å². The Bertz CT molecular complexity index is 556. The van der Waals surface area contributed by atoms with Crippen molar-refractivity contribution in [1.29, 1.82) is 0 Å². The summed E-state index contributed by atoms with van der Waals surface area (Å²) in [4.78, 5) is 15.3. The first-order valence-corrected chi connectivity index (χ1v) is 5.49. The highest BCUT2D eigenvalue weighted by Gasteiger charge is 1.98. The average Bonchev–Trinajstić information content (AvgIpc) is 2.36. The average molecular weight is 227 g/mol. The minimum Gasteiger partial charge on any atom is -0.463 e. The summed E-state index contributed by atoms with van der Waals surface area (Å²) in [6.07, 6.45) is 6.75. The van der Waals surface area contributed by atoms with E-state index in [9.17, 15) is 4.79 Å². The summed E-state index contributed by atoms with van der Waals surface area (Å²) >= 11 is 0. The molecular weight excluding hydrogens is 214 g/mol. The fraction of sp³-hybridized carbons (Fsp3) is 0.143. The van der Waals surface area contributed by atoms with E-state index in [0.717, 1.165) is 16.3 Å². The number of benzene rings is 1. The zero-order chi connectivity index (χ0) is 12.1. The zero-order valence-corrected chi connectivity index (χ0v) is 9.59. The molecule has 0 amide bonds. The molecule has 1 aromatic heterocycles. The molecule has 0 spiro atoms. The van der Waals surface area contributed by atoms with Gasteiger partial charge in [-0.1, -0.05) is 18.2 Å². The van der Waals surface area contributed by atoms with E-state index < -0.39 is 0 Å². The van der Waals surface area contributed by atoms with Crippen LogP contribution in [0.4, 0.5) is 0 Å². The molecule has 3 nitrogen and oxygen atoms in total. The molecule has 1 aromatic carbocycles. The van der Waals surface area contributed by atoms with Gasteiger partial charge >= 0.3 is 5.97 Å². The van der Waals surface area contributed by atoms with Crippen LogP contribution in [-0.4, -0.2) is 17.6 Å². The number of nitrogens with zero attached hydrogens (tertiary/aromatic N) is 1. The smallest absolute Gasteiger partial charge is 0.330 e. The molecule has 0 fully saturated rings. The highest BCUT2D eigenvalue weighted by Crippen LogP contribution is 2.18. The number of fused-ring (bicyclic) bond motifs is 1. The summed E-state index contributed by atoms with van der Waals surface area (Å²) in [6.45, 7) is 2.18. The molecule has 0 unspecified atom stereocenters. The number of esters is 1. The maximum Gasteiger partial charge on any atom is 0.330 e. The minimum absolute atomic E-state index is 0.321. The van der Waals surface area contributed by atoms with Crippen LogP contribution < -0.4 is 0 Å². The number of rotatable bonds is 3. The molecule has 2 rings (SSSR count). The van der Waals surface area contributed by atoms with Crippen molar-refractivity contribution in [2.24, 2.45) is 0 Å². The summed E-state index contributed by atoms with van der Waals surface area (Å²) in [5, 5.41) is 2.13. The van der Waals surface area contributed by atoms with E-state index >= 15 is 0 Å². The van der Waals surface area contributed by atoms with Crippen molar-refractivity contribution in [3.63, 3.8) is 0 Å². The Hall–Kier alpha value is -2.16. The van der Waals surface area contributed by atoms with Crippen LogP contribution in [-0.2, 0) is 9.53 Å². The predicted molar refractivity (Wildman–Crippen MR) is 67.4 cm³/mol. The lowest BCUT2D eigenvalue weighted by atomic mass is 10.1. The van der Waals surface area contributed by atoms with Crippen molar-refractivity contribution < 1.29 is 9.53 Å². The Balaban J connectivity index is 2.33. The standard InChI is InChI=1S/C14H13NO2/c1-2-17-14(16)7-6-11-4-3-5-12-10-15-9-8-13(11)12/h3-10H,2H2,1H3/b7-6+. The number of carbonyl (C=O) groups excluding carboxylic acids is 1. The van der Waals surface area contributed by atoms with Gasteiger partial charge in [0.25, 0.3) is 0 Å². The Kier molecular flexibility index (Phi) is 3.50. The van der Waals surface area contributed by atoms with E-state index in [1.807, 2.05) is 24.3 Å². The second kappa shape index (κ2) is 5.25. The van der Waals surface area contributed by atoms with Crippen molar-refractivity contribution in [3.8, 4) is 0 Å². The van der Waals surface area contributed by atoms with E-state index in [0.29, 0.717) is 6.61 Å². The molecule has 0 aliphatic heterocycles. The normalized spacial score (nSPS) is 10.9. The molecule has 0 aliphatic carbocycles. The van der Waals surface area contributed by atoms with Crippen molar-refractivity contribution in [3.05, 3.63) is 48.3 Å². The fourth-order valence-corrected chi connectivity index (χ4v) is 1.64. The minimum atomic E-state index is -0.321. The maximum atomic E-state index is 11.2. The Labute approximate surface area is 99.7 Å². The van der Waals surface area contributed by atoms with Gasteiger partial charge < -0.3 is 4.74 Å². The lowest BCUT2D eigenvalue weighted by Crippen LogP contribution is -1.98. The summed E-state index contributed by atoms with van der Waals surface area (Å²) in [6, 6.07) is 7.82.